The second-order valence-corrected chi connectivity index (χ2v) is 8.66. The zero-order valence-electron chi connectivity index (χ0n) is 19.9. The molecule has 1 fully saturated rings. The molecular formula is C26H35IN6O. The maximum Gasteiger partial charge on any atom is 0.191 e. The first kappa shape index (κ1) is 26.2. The zero-order valence-corrected chi connectivity index (χ0v) is 22.2. The number of rotatable bonds is 7. The van der Waals surface area contributed by atoms with E-state index in [0.717, 1.165) is 44.1 Å². The monoisotopic (exact) mass is 574 g/mol. The number of piperidine rings is 1. The minimum atomic E-state index is -0.124. The minimum Gasteiger partial charge on any atom is -0.393 e. The first-order valence-corrected chi connectivity index (χ1v) is 11.7. The van der Waals surface area contributed by atoms with Gasteiger partial charge in [0, 0.05) is 45.6 Å². The summed E-state index contributed by atoms with van der Waals surface area (Å²) in [5, 5.41) is 20.9. The average Bonchev–Trinajstić information content (AvgIpc) is 3.39. The number of aromatic nitrogens is 2. The fourth-order valence-electron chi connectivity index (χ4n) is 4.13. The highest BCUT2D eigenvalue weighted by Gasteiger charge is 2.16. The maximum absolute atomic E-state index is 9.67. The average molecular weight is 575 g/mol. The number of aliphatic imine (C=N–C) groups is 1. The van der Waals surface area contributed by atoms with Crippen molar-refractivity contribution in [1.29, 1.82) is 0 Å². The van der Waals surface area contributed by atoms with Crippen molar-refractivity contribution in [1.82, 2.24) is 25.3 Å². The Morgan fingerprint density at radius 2 is 1.85 bits per heavy atom. The Bertz CT molecular complexity index is 1030. The molecular weight excluding hydrogens is 539 g/mol. The number of nitrogens with zero attached hydrogens (tertiary/aromatic N) is 4. The first-order valence-electron chi connectivity index (χ1n) is 11.7. The van der Waals surface area contributed by atoms with Gasteiger partial charge in [-0.05, 0) is 54.7 Å². The molecule has 0 spiro atoms. The minimum absolute atomic E-state index is 0. The molecule has 1 aromatic heterocycles. The lowest BCUT2D eigenvalue weighted by Gasteiger charge is -2.29. The fourth-order valence-corrected chi connectivity index (χ4v) is 4.13. The lowest BCUT2D eigenvalue weighted by atomic mass is 10.1. The molecule has 34 heavy (non-hydrogen) atoms. The largest absolute Gasteiger partial charge is 0.393 e. The van der Waals surface area contributed by atoms with Crippen molar-refractivity contribution >= 4 is 29.9 Å². The van der Waals surface area contributed by atoms with Crippen LogP contribution in [0.3, 0.4) is 0 Å². The van der Waals surface area contributed by atoms with Gasteiger partial charge in [0.05, 0.1) is 17.8 Å². The Kier molecular flexibility index (Phi) is 9.91. The van der Waals surface area contributed by atoms with Gasteiger partial charge in [-0.25, -0.2) is 4.68 Å². The Balaban J connectivity index is 0.00000324. The summed E-state index contributed by atoms with van der Waals surface area (Å²) in [6.45, 7) is 5.71. The fraction of sp³-hybridized carbons (Fsp3) is 0.385. The number of aliphatic hydroxyl groups is 1. The number of aliphatic hydroxyl groups excluding tert-OH is 1. The Labute approximate surface area is 219 Å². The molecule has 0 amide bonds. The van der Waals surface area contributed by atoms with Gasteiger partial charge in [0.15, 0.2) is 5.96 Å². The Morgan fingerprint density at radius 1 is 1.12 bits per heavy atom. The van der Waals surface area contributed by atoms with Crippen LogP contribution in [-0.4, -0.2) is 52.0 Å². The van der Waals surface area contributed by atoms with Gasteiger partial charge < -0.3 is 15.7 Å². The molecule has 1 saturated heterocycles. The van der Waals surface area contributed by atoms with Gasteiger partial charge in [-0.2, -0.15) is 5.10 Å². The van der Waals surface area contributed by atoms with Gasteiger partial charge in [-0.1, -0.05) is 36.4 Å². The predicted octanol–water partition coefficient (Wildman–Crippen LogP) is 3.87. The maximum atomic E-state index is 9.67. The quantitative estimate of drug-likeness (QED) is 0.227. The first-order chi connectivity index (χ1) is 16.1. The standard InChI is InChI=1S/C26H34N6O.HI/c1-20(23-5-3-6-24(17-23)32-14-4-13-29-32)30-26(27-2)28-18-21-7-9-22(10-8-21)19-31-15-11-25(33)12-16-31;/h3-10,13-14,17,20,25,33H,11-12,15-16,18-19H2,1-2H3,(H2,27,28,30);1H. The van der Waals surface area contributed by atoms with Gasteiger partial charge >= 0.3 is 0 Å². The normalized spacial score (nSPS) is 16.0. The van der Waals surface area contributed by atoms with Crippen molar-refractivity contribution in [3.63, 3.8) is 0 Å². The molecule has 0 bridgehead atoms. The molecule has 3 N–H and O–H groups in total. The number of nitrogens with one attached hydrogen (secondary N) is 2. The van der Waals surface area contributed by atoms with Crippen LogP contribution in [0.2, 0.25) is 0 Å². The predicted molar refractivity (Wildman–Crippen MR) is 148 cm³/mol. The molecule has 1 atom stereocenters. The van der Waals surface area contributed by atoms with Crippen LogP contribution < -0.4 is 10.6 Å². The Morgan fingerprint density at radius 3 is 2.53 bits per heavy atom. The van der Waals surface area contributed by atoms with E-state index in [2.05, 4.69) is 75.0 Å². The summed E-state index contributed by atoms with van der Waals surface area (Å²) >= 11 is 0. The van der Waals surface area contributed by atoms with E-state index >= 15 is 0 Å². The molecule has 182 valence electrons. The van der Waals surface area contributed by atoms with E-state index in [0.29, 0.717) is 6.54 Å². The molecule has 0 saturated carbocycles. The van der Waals surface area contributed by atoms with E-state index in [-0.39, 0.29) is 36.1 Å². The van der Waals surface area contributed by atoms with E-state index in [9.17, 15) is 5.11 Å². The van der Waals surface area contributed by atoms with E-state index in [4.69, 9.17) is 0 Å². The van der Waals surface area contributed by atoms with Crippen LogP contribution in [0.1, 0.15) is 42.5 Å². The number of guanidine groups is 1. The molecule has 4 rings (SSSR count). The number of benzene rings is 2. The molecule has 0 aliphatic carbocycles. The third-order valence-corrected chi connectivity index (χ3v) is 6.16. The molecule has 2 aromatic carbocycles. The van der Waals surface area contributed by atoms with Crippen molar-refractivity contribution in [2.45, 2.75) is 45.0 Å². The summed E-state index contributed by atoms with van der Waals surface area (Å²) < 4.78 is 1.86. The van der Waals surface area contributed by atoms with Crippen LogP contribution in [-0.2, 0) is 13.1 Å². The molecule has 7 nitrogen and oxygen atoms in total. The summed E-state index contributed by atoms with van der Waals surface area (Å²) in [6.07, 6.45) is 5.35. The van der Waals surface area contributed by atoms with Crippen molar-refractivity contribution < 1.29 is 5.11 Å². The molecule has 1 aliphatic rings. The van der Waals surface area contributed by atoms with Crippen molar-refractivity contribution in [3.05, 3.63) is 83.7 Å². The number of halogens is 1. The topological polar surface area (TPSA) is 77.7 Å². The summed E-state index contributed by atoms with van der Waals surface area (Å²) in [5.74, 6) is 0.767. The summed E-state index contributed by atoms with van der Waals surface area (Å²) in [6, 6.07) is 19.1. The zero-order chi connectivity index (χ0) is 23.0. The molecule has 1 unspecified atom stereocenters. The summed E-state index contributed by atoms with van der Waals surface area (Å²) in [7, 11) is 1.79. The second-order valence-electron chi connectivity index (χ2n) is 8.66. The highest BCUT2D eigenvalue weighted by Crippen LogP contribution is 2.17. The number of likely N-dealkylation sites (tertiary alicyclic amines) is 1. The summed E-state index contributed by atoms with van der Waals surface area (Å²) in [4.78, 5) is 6.80. The third-order valence-electron chi connectivity index (χ3n) is 6.16. The van der Waals surface area contributed by atoms with Crippen LogP contribution in [0.4, 0.5) is 0 Å². The molecule has 1 aliphatic heterocycles. The van der Waals surface area contributed by atoms with E-state index in [1.807, 2.05) is 23.0 Å². The van der Waals surface area contributed by atoms with Gasteiger partial charge in [-0.3, -0.25) is 9.89 Å². The molecule has 3 aromatic rings. The smallest absolute Gasteiger partial charge is 0.191 e. The lowest BCUT2D eigenvalue weighted by molar-refractivity contribution is 0.0792. The van der Waals surface area contributed by atoms with Crippen LogP contribution in [0.5, 0.6) is 0 Å². The van der Waals surface area contributed by atoms with Gasteiger partial charge in [-0.15, -0.1) is 24.0 Å². The number of hydrogen-bond donors (Lipinski definition) is 3. The van der Waals surface area contributed by atoms with Crippen molar-refractivity contribution in [3.8, 4) is 5.69 Å². The molecule has 8 heteroatoms. The van der Waals surface area contributed by atoms with Gasteiger partial charge in [0.25, 0.3) is 0 Å². The Hall–Kier alpha value is -2.43. The summed E-state index contributed by atoms with van der Waals surface area (Å²) in [5.41, 5.74) is 4.72. The SMILES string of the molecule is CN=C(NCc1ccc(CN2CCC(O)CC2)cc1)NC(C)c1cccc(-n2cccn2)c1.I. The van der Waals surface area contributed by atoms with E-state index in [1.54, 1.807) is 13.2 Å². The highest BCUT2D eigenvalue weighted by molar-refractivity contribution is 14.0. The highest BCUT2D eigenvalue weighted by atomic mass is 127. The van der Waals surface area contributed by atoms with E-state index in [1.165, 1.54) is 16.7 Å². The van der Waals surface area contributed by atoms with Crippen molar-refractivity contribution in [2.24, 2.45) is 4.99 Å². The lowest BCUT2D eigenvalue weighted by Crippen LogP contribution is -2.38. The number of hydrogen-bond acceptors (Lipinski definition) is 4. The third kappa shape index (κ3) is 7.28. The van der Waals surface area contributed by atoms with Crippen LogP contribution in [0, 0.1) is 0 Å². The van der Waals surface area contributed by atoms with Crippen molar-refractivity contribution in [2.75, 3.05) is 20.1 Å². The second kappa shape index (κ2) is 12.9. The van der Waals surface area contributed by atoms with Crippen LogP contribution in [0.25, 0.3) is 5.69 Å². The van der Waals surface area contributed by atoms with Crippen LogP contribution in [0.15, 0.2) is 72.0 Å². The van der Waals surface area contributed by atoms with Gasteiger partial charge in [0.2, 0.25) is 0 Å². The van der Waals surface area contributed by atoms with Crippen LogP contribution >= 0.6 is 24.0 Å². The molecule has 2 heterocycles. The van der Waals surface area contributed by atoms with E-state index < -0.39 is 0 Å². The van der Waals surface area contributed by atoms with Gasteiger partial charge in [0.1, 0.15) is 0 Å². The molecule has 0 radical (unpaired) electrons.